The van der Waals surface area contributed by atoms with E-state index in [1.54, 1.807) is 37.1 Å². The van der Waals surface area contributed by atoms with Crippen LogP contribution in [0.3, 0.4) is 0 Å². The summed E-state index contributed by atoms with van der Waals surface area (Å²) < 4.78 is 1.27. The van der Waals surface area contributed by atoms with E-state index >= 15 is 0 Å². The van der Waals surface area contributed by atoms with Crippen LogP contribution < -0.4 is 10.6 Å². The lowest BCUT2D eigenvalue weighted by Crippen LogP contribution is -2.34. The summed E-state index contributed by atoms with van der Waals surface area (Å²) in [6.45, 7) is 2.62. The van der Waals surface area contributed by atoms with Gasteiger partial charge in [0.05, 0.1) is 11.6 Å². The van der Waals surface area contributed by atoms with Crippen molar-refractivity contribution in [3.05, 3.63) is 93.1 Å². The molecule has 0 unspecified atom stereocenters. The molecule has 0 fully saturated rings. The Balaban J connectivity index is 1.21. The highest BCUT2D eigenvalue weighted by atomic mass is 16.4. The van der Waals surface area contributed by atoms with Gasteiger partial charge in [0.2, 0.25) is 0 Å². The number of likely N-dealkylation sites (N-methyl/N-ethyl adjacent to an activating group) is 1. The van der Waals surface area contributed by atoms with Crippen molar-refractivity contribution in [2.45, 2.75) is 38.8 Å². The third kappa shape index (κ3) is 4.66. The largest absolute Gasteiger partial charge is 0.478 e. The topological polar surface area (TPSA) is 159 Å². The number of fused-ring (bicyclic) bond motifs is 3. The Morgan fingerprint density at radius 2 is 1.93 bits per heavy atom. The van der Waals surface area contributed by atoms with Gasteiger partial charge >= 0.3 is 5.97 Å². The van der Waals surface area contributed by atoms with Crippen molar-refractivity contribution in [3.63, 3.8) is 0 Å². The predicted molar refractivity (Wildman–Crippen MR) is 146 cm³/mol. The molecule has 1 aliphatic carbocycles. The molecule has 0 bridgehead atoms. The van der Waals surface area contributed by atoms with Gasteiger partial charge in [-0.2, -0.15) is 14.6 Å². The second-order valence-corrected chi connectivity index (χ2v) is 10.3. The highest BCUT2D eigenvalue weighted by Gasteiger charge is 2.29. The first-order chi connectivity index (χ1) is 19.7. The molecule has 6 rings (SSSR count). The maximum absolute atomic E-state index is 13.4. The molecule has 3 amide bonds. The summed E-state index contributed by atoms with van der Waals surface area (Å²) in [6.07, 6.45) is 3.29. The van der Waals surface area contributed by atoms with Crippen molar-refractivity contribution >= 4 is 29.5 Å². The Bertz CT molecular complexity index is 1760. The summed E-state index contributed by atoms with van der Waals surface area (Å²) in [5.74, 6) is -1.90. The first kappa shape index (κ1) is 26.1. The van der Waals surface area contributed by atoms with Gasteiger partial charge in [0, 0.05) is 31.8 Å². The fourth-order valence-electron chi connectivity index (χ4n) is 5.60. The molecule has 1 atom stereocenters. The maximum atomic E-state index is 13.4. The summed E-state index contributed by atoms with van der Waals surface area (Å²) >= 11 is 0. The highest BCUT2D eigenvalue weighted by Crippen LogP contribution is 2.35. The van der Waals surface area contributed by atoms with Crippen LogP contribution in [0.15, 0.2) is 42.7 Å². The minimum Gasteiger partial charge on any atom is -0.478 e. The zero-order valence-corrected chi connectivity index (χ0v) is 22.5. The van der Waals surface area contributed by atoms with Gasteiger partial charge in [-0.15, -0.1) is 0 Å². The third-order valence-electron chi connectivity index (χ3n) is 7.87. The molecular formula is C29H27N7O5. The molecule has 0 radical (unpaired) electrons. The molecule has 2 aliphatic rings. The van der Waals surface area contributed by atoms with Gasteiger partial charge in [-0.3, -0.25) is 14.4 Å². The van der Waals surface area contributed by atoms with Crippen molar-refractivity contribution in [1.82, 2.24) is 35.1 Å². The molecular weight excluding hydrogens is 526 g/mol. The number of aromatic nitrogens is 4. The average molecular weight is 554 g/mol. The minimum absolute atomic E-state index is 0.00168. The van der Waals surface area contributed by atoms with Crippen LogP contribution >= 0.6 is 0 Å². The van der Waals surface area contributed by atoms with Gasteiger partial charge in [0.15, 0.2) is 0 Å². The molecule has 12 nitrogen and oxygen atoms in total. The minimum atomic E-state index is -0.985. The smallest absolute Gasteiger partial charge is 0.335 e. The van der Waals surface area contributed by atoms with E-state index in [-0.39, 0.29) is 41.2 Å². The van der Waals surface area contributed by atoms with Gasteiger partial charge < -0.3 is 20.6 Å². The standard InChI is InChI=1S/C29H27N7O5/c1-15-18-7-8-22(20(18)6-5-19(15)28(40)41)33-26(38)24-12-23(34-29-31-14-32-36(24)29)25(37)30-13-16-3-4-17-9-10-35(2)27(39)21(17)11-16/h3-6,11-12,14,22H,7-10,13H2,1-2H3,(H,30,37)(H,33,38)(H,40,41)/t22-/m0/s1. The molecule has 0 spiro atoms. The quantitative estimate of drug-likeness (QED) is 0.327. The molecule has 0 saturated heterocycles. The molecule has 4 aromatic rings. The summed E-state index contributed by atoms with van der Waals surface area (Å²) in [6, 6.07) is 9.93. The zero-order chi connectivity index (χ0) is 28.8. The summed E-state index contributed by atoms with van der Waals surface area (Å²) in [5.41, 5.74) is 5.22. The Morgan fingerprint density at radius 1 is 1.10 bits per heavy atom. The number of carbonyl (C=O) groups excluding carboxylic acids is 3. The first-order valence-corrected chi connectivity index (χ1v) is 13.2. The number of carboxylic acid groups (broad SMARTS) is 1. The van der Waals surface area contributed by atoms with Crippen LogP contribution in [0.1, 0.15) is 82.0 Å². The molecule has 12 heteroatoms. The van der Waals surface area contributed by atoms with E-state index in [0.29, 0.717) is 30.5 Å². The fraction of sp³-hybridized carbons (Fsp3) is 0.276. The fourth-order valence-corrected chi connectivity index (χ4v) is 5.60. The SMILES string of the molecule is Cc1c(C(=O)O)ccc2c1CC[C@@H]2NC(=O)c1cc(C(=O)NCc2ccc3c(c2)C(=O)N(C)CC3)nc2ncnn12. The number of hydrogen-bond acceptors (Lipinski definition) is 7. The first-order valence-electron chi connectivity index (χ1n) is 13.2. The van der Waals surface area contributed by atoms with E-state index in [1.165, 1.54) is 16.9 Å². The van der Waals surface area contributed by atoms with Crippen LogP contribution in [0, 0.1) is 6.92 Å². The van der Waals surface area contributed by atoms with Crippen molar-refractivity contribution in [1.29, 1.82) is 0 Å². The van der Waals surface area contributed by atoms with Gasteiger partial charge in [-0.25, -0.2) is 9.78 Å². The summed E-state index contributed by atoms with van der Waals surface area (Å²) in [5, 5.41) is 19.4. The number of carboxylic acids is 1. The Labute approximate surface area is 234 Å². The number of hydrogen-bond donors (Lipinski definition) is 3. The lowest BCUT2D eigenvalue weighted by molar-refractivity contribution is 0.0694. The van der Waals surface area contributed by atoms with E-state index < -0.39 is 17.8 Å². The number of carbonyl (C=O) groups is 4. The molecule has 2 aromatic carbocycles. The van der Waals surface area contributed by atoms with Crippen molar-refractivity contribution in [2.24, 2.45) is 0 Å². The van der Waals surface area contributed by atoms with Crippen LogP contribution in [-0.4, -0.2) is 66.9 Å². The average Bonchev–Trinajstić information content (AvgIpc) is 3.61. The van der Waals surface area contributed by atoms with Crippen molar-refractivity contribution in [3.8, 4) is 0 Å². The predicted octanol–water partition coefficient (Wildman–Crippen LogP) is 2.11. The molecule has 41 heavy (non-hydrogen) atoms. The van der Waals surface area contributed by atoms with Gasteiger partial charge in [-0.05, 0) is 66.1 Å². The lowest BCUT2D eigenvalue weighted by atomic mass is 9.97. The molecule has 0 saturated carbocycles. The van der Waals surface area contributed by atoms with E-state index in [1.807, 2.05) is 12.1 Å². The Kier molecular flexibility index (Phi) is 6.45. The van der Waals surface area contributed by atoms with Crippen molar-refractivity contribution in [2.75, 3.05) is 13.6 Å². The van der Waals surface area contributed by atoms with Gasteiger partial charge in [0.25, 0.3) is 23.5 Å². The maximum Gasteiger partial charge on any atom is 0.335 e. The number of amides is 3. The summed E-state index contributed by atoms with van der Waals surface area (Å²) in [4.78, 5) is 60.6. The van der Waals surface area contributed by atoms with E-state index in [4.69, 9.17) is 0 Å². The van der Waals surface area contributed by atoms with Gasteiger partial charge in [0.1, 0.15) is 17.7 Å². The number of nitrogens with one attached hydrogen (secondary N) is 2. The highest BCUT2D eigenvalue weighted by molar-refractivity contribution is 5.99. The number of rotatable bonds is 6. The van der Waals surface area contributed by atoms with Crippen LogP contribution in [0.2, 0.25) is 0 Å². The summed E-state index contributed by atoms with van der Waals surface area (Å²) in [7, 11) is 1.77. The van der Waals surface area contributed by atoms with Crippen LogP contribution in [0.25, 0.3) is 5.78 Å². The molecule has 208 valence electrons. The van der Waals surface area contributed by atoms with E-state index in [0.717, 1.165) is 28.7 Å². The normalized spacial score (nSPS) is 15.9. The third-order valence-corrected chi connectivity index (χ3v) is 7.87. The monoisotopic (exact) mass is 553 g/mol. The Morgan fingerprint density at radius 3 is 2.73 bits per heavy atom. The molecule has 2 aromatic heterocycles. The van der Waals surface area contributed by atoms with E-state index in [9.17, 15) is 24.3 Å². The second kappa shape index (κ2) is 10.1. The van der Waals surface area contributed by atoms with E-state index in [2.05, 4.69) is 25.7 Å². The Hall–Kier alpha value is -5.13. The van der Waals surface area contributed by atoms with Crippen LogP contribution in [0.5, 0.6) is 0 Å². The van der Waals surface area contributed by atoms with Gasteiger partial charge in [-0.1, -0.05) is 18.2 Å². The number of nitrogens with zero attached hydrogens (tertiary/aromatic N) is 5. The molecule has 3 N–H and O–H groups in total. The number of benzene rings is 2. The zero-order valence-electron chi connectivity index (χ0n) is 22.5. The number of aromatic carboxylic acids is 1. The molecule has 1 aliphatic heterocycles. The van der Waals surface area contributed by atoms with Crippen LogP contribution in [0.4, 0.5) is 0 Å². The van der Waals surface area contributed by atoms with Crippen molar-refractivity contribution < 1.29 is 24.3 Å². The second-order valence-electron chi connectivity index (χ2n) is 10.3. The lowest BCUT2D eigenvalue weighted by Gasteiger charge is -2.25. The van der Waals surface area contributed by atoms with Crippen LogP contribution in [-0.2, 0) is 19.4 Å². The molecule has 3 heterocycles.